The van der Waals surface area contributed by atoms with Gasteiger partial charge in [0.05, 0.1) is 0 Å². The van der Waals surface area contributed by atoms with Crippen molar-refractivity contribution in [1.82, 2.24) is 15.6 Å². The molecule has 2 unspecified atom stereocenters. The van der Waals surface area contributed by atoms with Gasteiger partial charge in [-0.15, -0.1) is 0 Å². The van der Waals surface area contributed by atoms with Crippen LogP contribution < -0.4 is 5.32 Å². The quantitative estimate of drug-likeness (QED) is 0.765. The van der Waals surface area contributed by atoms with E-state index in [0.29, 0.717) is 12.3 Å². The van der Waals surface area contributed by atoms with Crippen LogP contribution >= 0.6 is 0 Å². The van der Waals surface area contributed by atoms with Crippen LogP contribution in [0, 0.1) is 6.92 Å². The molecule has 1 N–H and O–H groups in total. The third-order valence-corrected chi connectivity index (χ3v) is 2.82. The molecule has 0 amide bonds. The van der Waals surface area contributed by atoms with E-state index in [4.69, 9.17) is 0 Å². The van der Waals surface area contributed by atoms with Gasteiger partial charge in [-0.25, -0.2) is 4.63 Å². The summed E-state index contributed by atoms with van der Waals surface area (Å²) >= 11 is 0. The van der Waals surface area contributed by atoms with Crippen LogP contribution in [-0.4, -0.2) is 32.6 Å². The van der Waals surface area contributed by atoms with Gasteiger partial charge in [-0.3, -0.25) is 4.21 Å². The van der Waals surface area contributed by atoms with E-state index < -0.39 is 10.8 Å². The standard InChI is InChI=1S/C8H15N3O2S/c1-6(5-14(3)12)9-4-8-7(2)10-13-11-8/h6,9H,4-5H2,1-3H3. The summed E-state index contributed by atoms with van der Waals surface area (Å²) in [5.74, 6) is 0.643. The van der Waals surface area contributed by atoms with Gasteiger partial charge in [0, 0.05) is 35.4 Å². The molecule has 14 heavy (non-hydrogen) atoms. The van der Waals surface area contributed by atoms with E-state index in [-0.39, 0.29) is 6.04 Å². The Morgan fingerprint density at radius 1 is 1.57 bits per heavy atom. The van der Waals surface area contributed by atoms with E-state index in [1.165, 1.54) is 0 Å². The van der Waals surface area contributed by atoms with E-state index in [2.05, 4.69) is 20.3 Å². The first-order valence-electron chi connectivity index (χ1n) is 4.41. The summed E-state index contributed by atoms with van der Waals surface area (Å²) < 4.78 is 15.5. The van der Waals surface area contributed by atoms with Gasteiger partial charge in [0.15, 0.2) is 0 Å². The lowest BCUT2D eigenvalue weighted by Gasteiger charge is -2.10. The number of aryl methyl sites for hydroxylation is 1. The average Bonchev–Trinajstić information content (AvgIpc) is 2.46. The maximum Gasteiger partial charge on any atom is 0.121 e. The van der Waals surface area contributed by atoms with Gasteiger partial charge in [0.25, 0.3) is 0 Å². The molecule has 0 aromatic carbocycles. The van der Waals surface area contributed by atoms with Crippen LogP contribution in [-0.2, 0) is 17.3 Å². The molecule has 2 atom stereocenters. The SMILES string of the molecule is Cc1nonc1CNC(C)CS(C)=O. The smallest absolute Gasteiger partial charge is 0.121 e. The highest BCUT2D eigenvalue weighted by molar-refractivity contribution is 7.84. The monoisotopic (exact) mass is 217 g/mol. The molecule has 80 valence electrons. The largest absolute Gasteiger partial charge is 0.308 e. The highest BCUT2D eigenvalue weighted by Gasteiger charge is 2.08. The number of rotatable bonds is 5. The van der Waals surface area contributed by atoms with Crippen LogP contribution in [0.5, 0.6) is 0 Å². The molecule has 0 aliphatic heterocycles. The van der Waals surface area contributed by atoms with Crippen molar-refractivity contribution in [3.8, 4) is 0 Å². The van der Waals surface area contributed by atoms with Gasteiger partial charge in [-0.2, -0.15) is 0 Å². The number of nitrogens with one attached hydrogen (secondary N) is 1. The van der Waals surface area contributed by atoms with Crippen molar-refractivity contribution in [3.05, 3.63) is 11.4 Å². The van der Waals surface area contributed by atoms with Crippen molar-refractivity contribution in [3.63, 3.8) is 0 Å². The molecule has 0 spiro atoms. The van der Waals surface area contributed by atoms with Crippen LogP contribution in [0.3, 0.4) is 0 Å². The summed E-state index contributed by atoms with van der Waals surface area (Å²) in [4.78, 5) is 0. The molecular formula is C8H15N3O2S. The third kappa shape index (κ3) is 3.55. The molecule has 5 nitrogen and oxygen atoms in total. The predicted molar refractivity (Wildman–Crippen MR) is 54.3 cm³/mol. The molecule has 6 heteroatoms. The zero-order valence-corrected chi connectivity index (χ0v) is 9.43. The van der Waals surface area contributed by atoms with Gasteiger partial charge in [-0.05, 0) is 13.8 Å². The van der Waals surface area contributed by atoms with Crippen LogP contribution in [0.2, 0.25) is 0 Å². The Morgan fingerprint density at radius 2 is 2.29 bits per heavy atom. The number of hydrogen-bond acceptors (Lipinski definition) is 5. The average molecular weight is 217 g/mol. The van der Waals surface area contributed by atoms with Gasteiger partial charge in [0.2, 0.25) is 0 Å². The first-order chi connectivity index (χ1) is 6.59. The molecular weight excluding hydrogens is 202 g/mol. The second-order valence-electron chi connectivity index (χ2n) is 3.32. The lowest BCUT2D eigenvalue weighted by Crippen LogP contribution is -2.30. The fourth-order valence-corrected chi connectivity index (χ4v) is 1.91. The number of aromatic nitrogens is 2. The zero-order valence-electron chi connectivity index (χ0n) is 8.61. The first-order valence-corrected chi connectivity index (χ1v) is 6.13. The highest BCUT2D eigenvalue weighted by Crippen LogP contribution is 2.00. The third-order valence-electron chi connectivity index (χ3n) is 1.85. The Kier molecular flexibility index (Phi) is 4.21. The second kappa shape index (κ2) is 5.21. The van der Waals surface area contributed by atoms with E-state index in [1.54, 1.807) is 6.26 Å². The van der Waals surface area contributed by atoms with E-state index in [9.17, 15) is 4.21 Å². The Bertz CT molecular complexity index is 313. The van der Waals surface area contributed by atoms with Crippen molar-refractivity contribution < 1.29 is 8.84 Å². The fourth-order valence-electron chi connectivity index (χ4n) is 1.09. The van der Waals surface area contributed by atoms with Crippen molar-refractivity contribution in [2.24, 2.45) is 0 Å². The molecule has 0 saturated carbocycles. The topological polar surface area (TPSA) is 68.0 Å². The highest BCUT2D eigenvalue weighted by atomic mass is 32.2. The van der Waals surface area contributed by atoms with Crippen molar-refractivity contribution in [1.29, 1.82) is 0 Å². The Morgan fingerprint density at radius 3 is 2.79 bits per heavy atom. The lowest BCUT2D eigenvalue weighted by molar-refractivity contribution is 0.300. The summed E-state index contributed by atoms with van der Waals surface area (Å²) in [5.41, 5.74) is 1.60. The summed E-state index contributed by atoms with van der Waals surface area (Å²) in [6, 6.07) is 0.205. The summed E-state index contributed by atoms with van der Waals surface area (Å²) in [6.07, 6.45) is 1.70. The molecule has 0 radical (unpaired) electrons. The minimum atomic E-state index is -0.771. The minimum absolute atomic E-state index is 0.205. The minimum Gasteiger partial charge on any atom is -0.308 e. The maximum absolute atomic E-state index is 10.9. The van der Waals surface area contributed by atoms with Gasteiger partial charge >= 0.3 is 0 Å². The molecule has 1 aromatic heterocycles. The fraction of sp³-hybridized carbons (Fsp3) is 0.750. The van der Waals surface area contributed by atoms with Gasteiger partial charge < -0.3 is 5.32 Å². The Labute approximate surface area is 85.7 Å². The van der Waals surface area contributed by atoms with Crippen molar-refractivity contribution in [2.75, 3.05) is 12.0 Å². The van der Waals surface area contributed by atoms with E-state index in [1.807, 2.05) is 13.8 Å². The molecule has 1 rings (SSSR count). The van der Waals surface area contributed by atoms with Crippen LogP contribution in [0.4, 0.5) is 0 Å². The Hall–Kier alpha value is -0.750. The zero-order chi connectivity index (χ0) is 10.6. The molecule has 0 aliphatic rings. The lowest BCUT2D eigenvalue weighted by atomic mass is 10.3. The molecule has 1 heterocycles. The summed E-state index contributed by atoms with van der Waals surface area (Å²) in [7, 11) is -0.771. The predicted octanol–water partition coefficient (Wildman–Crippen LogP) is 0.235. The summed E-state index contributed by atoms with van der Waals surface area (Å²) in [5, 5.41) is 10.6. The normalized spacial score (nSPS) is 15.4. The summed E-state index contributed by atoms with van der Waals surface area (Å²) in [6.45, 7) is 4.44. The molecule has 0 aliphatic carbocycles. The van der Waals surface area contributed by atoms with Gasteiger partial charge in [0.1, 0.15) is 11.4 Å². The molecule has 1 aromatic rings. The van der Waals surface area contributed by atoms with Crippen molar-refractivity contribution >= 4 is 10.8 Å². The van der Waals surface area contributed by atoms with Crippen LogP contribution in [0.15, 0.2) is 4.63 Å². The molecule has 0 fully saturated rings. The number of nitrogens with zero attached hydrogens (tertiary/aromatic N) is 2. The van der Waals surface area contributed by atoms with E-state index >= 15 is 0 Å². The molecule has 0 saturated heterocycles. The van der Waals surface area contributed by atoms with Crippen LogP contribution in [0.1, 0.15) is 18.3 Å². The molecule has 0 bridgehead atoms. The van der Waals surface area contributed by atoms with Crippen LogP contribution in [0.25, 0.3) is 0 Å². The van der Waals surface area contributed by atoms with E-state index in [0.717, 1.165) is 11.4 Å². The van der Waals surface area contributed by atoms with Gasteiger partial charge in [-0.1, -0.05) is 10.3 Å². The Balaban J connectivity index is 2.34. The maximum atomic E-state index is 10.9. The van der Waals surface area contributed by atoms with Crippen molar-refractivity contribution in [2.45, 2.75) is 26.4 Å². The number of hydrogen-bond donors (Lipinski definition) is 1. The first kappa shape index (κ1) is 11.3. The second-order valence-corrected chi connectivity index (χ2v) is 4.80.